The van der Waals surface area contributed by atoms with Crippen LogP contribution in [-0.2, 0) is 6.54 Å². The zero-order valence-corrected chi connectivity index (χ0v) is 13.5. The Morgan fingerprint density at radius 2 is 1.67 bits per heavy atom. The molecule has 0 radical (unpaired) electrons. The number of anilines is 1. The topological polar surface area (TPSA) is 29.3 Å². The second kappa shape index (κ2) is 7.15. The van der Waals surface area contributed by atoms with E-state index in [0.29, 0.717) is 18.4 Å². The van der Waals surface area contributed by atoms with Crippen LogP contribution < -0.4 is 10.6 Å². The van der Waals surface area contributed by atoms with Gasteiger partial charge >= 0.3 is 0 Å². The molecule has 0 aliphatic heterocycles. The molecule has 0 atom stereocenters. The van der Waals surface area contributed by atoms with Crippen LogP contribution in [0.2, 0.25) is 0 Å². The van der Waals surface area contributed by atoms with Gasteiger partial charge in [-0.05, 0) is 45.5 Å². The Labute approximate surface area is 120 Å². The minimum absolute atomic E-state index is 0.591. The standard InChI is InChI=1S/C15H25BrN2/c1-11(2)9-18(10-12(3)4)15-6-5-13(8-17)7-14(15)16/h5-7,11-12H,8-10,17H2,1-4H3. The lowest BCUT2D eigenvalue weighted by Crippen LogP contribution is -2.31. The SMILES string of the molecule is CC(C)CN(CC(C)C)c1ccc(CN)cc1Br. The van der Waals surface area contributed by atoms with Crippen LogP contribution in [0.25, 0.3) is 0 Å². The van der Waals surface area contributed by atoms with Gasteiger partial charge in [-0.2, -0.15) is 0 Å². The molecule has 0 aromatic heterocycles. The normalized spacial score (nSPS) is 11.3. The van der Waals surface area contributed by atoms with Gasteiger partial charge in [-0.1, -0.05) is 33.8 Å². The third kappa shape index (κ3) is 4.62. The number of hydrogen-bond acceptors (Lipinski definition) is 2. The molecule has 1 aromatic rings. The molecule has 0 unspecified atom stereocenters. The van der Waals surface area contributed by atoms with Crippen molar-refractivity contribution in [3.05, 3.63) is 28.2 Å². The molecule has 3 heteroatoms. The first-order valence-corrected chi connectivity index (χ1v) is 7.46. The van der Waals surface area contributed by atoms with Crippen LogP contribution in [0.15, 0.2) is 22.7 Å². The van der Waals surface area contributed by atoms with Crippen molar-refractivity contribution in [2.24, 2.45) is 17.6 Å². The van der Waals surface area contributed by atoms with Gasteiger partial charge in [0.2, 0.25) is 0 Å². The van der Waals surface area contributed by atoms with Crippen LogP contribution in [0, 0.1) is 11.8 Å². The summed E-state index contributed by atoms with van der Waals surface area (Å²) in [4.78, 5) is 2.46. The van der Waals surface area contributed by atoms with Crippen molar-refractivity contribution in [2.45, 2.75) is 34.2 Å². The quantitative estimate of drug-likeness (QED) is 0.859. The van der Waals surface area contributed by atoms with Gasteiger partial charge in [-0.15, -0.1) is 0 Å². The van der Waals surface area contributed by atoms with Crippen molar-refractivity contribution in [3.8, 4) is 0 Å². The zero-order chi connectivity index (χ0) is 13.7. The van der Waals surface area contributed by atoms with Crippen molar-refractivity contribution in [3.63, 3.8) is 0 Å². The highest BCUT2D eigenvalue weighted by Gasteiger charge is 2.13. The van der Waals surface area contributed by atoms with E-state index >= 15 is 0 Å². The number of halogens is 1. The molecular formula is C15H25BrN2. The minimum Gasteiger partial charge on any atom is -0.370 e. The molecule has 0 bridgehead atoms. The highest BCUT2D eigenvalue weighted by atomic mass is 79.9. The maximum atomic E-state index is 5.67. The number of rotatable bonds is 6. The van der Waals surface area contributed by atoms with Gasteiger partial charge in [-0.3, -0.25) is 0 Å². The number of nitrogens with two attached hydrogens (primary N) is 1. The Hall–Kier alpha value is -0.540. The number of benzene rings is 1. The molecule has 0 saturated carbocycles. The smallest absolute Gasteiger partial charge is 0.0511 e. The summed E-state index contributed by atoms with van der Waals surface area (Å²) in [6, 6.07) is 6.42. The molecule has 1 aromatic carbocycles. The second-order valence-corrected chi connectivity index (χ2v) is 6.54. The molecule has 0 heterocycles. The van der Waals surface area contributed by atoms with E-state index in [-0.39, 0.29) is 0 Å². The van der Waals surface area contributed by atoms with Crippen LogP contribution in [0.1, 0.15) is 33.3 Å². The molecule has 0 aliphatic rings. The molecule has 0 fully saturated rings. The predicted molar refractivity (Wildman–Crippen MR) is 83.9 cm³/mol. The highest BCUT2D eigenvalue weighted by molar-refractivity contribution is 9.10. The lowest BCUT2D eigenvalue weighted by Gasteiger charge is -2.29. The summed E-state index contributed by atoms with van der Waals surface area (Å²) in [7, 11) is 0. The van der Waals surface area contributed by atoms with E-state index in [0.717, 1.165) is 17.6 Å². The van der Waals surface area contributed by atoms with E-state index in [4.69, 9.17) is 5.73 Å². The maximum Gasteiger partial charge on any atom is 0.0511 e. The van der Waals surface area contributed by atoms with Crippen LogP contribution in [0.5, 0.6) is 0 Å². The van der Waals surface area contributed by atoms with Gasteiger partial charge in [-0.25, -0.2) is 0 Å². The molecule has 0 saturated heterocycles. The first-order valence-electron chi connectivity index (χ1n) is 6.67. The van der Waals surface area contributed by atoms with Crippen LogP contribution in [0.4, 0.5) is 5.69 Å². The van der Waals surface area contributed by atoms with Crippen molar-refractivity contribution < 1.29 is 0 Å². The summed E-state index contributed by atoms with van der Waals surface area (Å²) in [5.41, 5.74) is 8.11. The van der Waals surface area contributed by atoms with Gasteiger partial charge in [0.25, 0.3) is 0 Å². The Morgan fingerprint density at radius 1 is 1.11 bits per heavy atom. The Balaban J connectivity index is 2.96. The maximum absolute atomic E-state index is 5.67. The Bertz CT molecular complexity index is 365. The van der Waals surface area contributed by atoms with Gasteiger partial charge in [0, 0.05) is 24.1 Å². The molecule has 0 amide bonds. The fraction of sp³-hybridized carbons (Fsp3) is 0.600. The lowest BCUT2D eigenvalue weighted by molar-refractivity contribution is 0.552. The molecule has 0 spiro atoms. The number of nitrogens with zero attached hydrogens (tertiary/aromatic N) is 1. The van der Waals surface area contributed by atoms with Gasteiger partial charge in [0.15, 0.2) is 0 Å². The summed E-state index contributed by atoms with van der Waals surface area (Å²) in [5, 5.41) is 0. The largest absolute Gasteiger partial charge is 0.370 e. The molecule has 2 N–H and O–H groups in total. The first-order chi connectivity index (χ1) is 8.43. The third-order valence-corrected chi connectivity index (χ3v) is 3.39. The van der Waals surface area contributed by atoms with Crippen LogP contribution in [0.3, 0.4) is 0 Å². The van der Waals surface area contributed by atoms with Gasteiger partial charge in [0.1, 0.15) is 0 Å². The monoisotopic (exact) mass is 312 g/mol. The molecular weight excluding hydrogens is 288 g/mol. The van der Waals surface area contributed by atoms with Gasteiger partial charge in [0.05, 0.1) is 5.69 Å². The van der Waals surface area contributed by atoms with E-state index in [1.54, 1.807) is 0 Å². The zero-order valence-electron chi connectivity index (χ0n) is 11.9. The fourth-order valence-corrected chi connectivity index (χ4v) is 2.76. The van der Waals surface area contributed by atoms with Crippen molar-refractivity contribution >= 4 is 21.6 Å². The Kier molecular flexibility index (Phi) is 6.16. The van der Waals surface area contributed by atoms with E-state index in [9.17, 15) is 0 Å². The van der Waals surface area contributed by atoms with E-state index in [1.165, 1.54) is 11.3 Å². The van der Waals surface area contributed by atoms with E-state index in [2.05, 4.69) is 66.7 Å². The molecule has 102 valence electrons. The number of hydrogen-bond donors (Lipinski definition) is 1. The van der Waals surface area contributed by atoms with Crippen LogP contribution in [-0.4, -0.2) is 13.1 Å². The molecule has 1 rings (SSSR count). The molecule has 18 heavy (non-hydrogen) atoms. The highest BCUT2D eigenvalue weighted by Crippen LogP contribution is 2.28. The lowest BCUT2D eigenvalue weighted by atomic mass is 10.1. The van der Waals surface area contributed by atoms with Gasteiger partial charge < -0.3 is 10.6 Å². The van der Waals surface area contributed by atoms with Crippen molar-refractivity contribution in [1.82, 2.24) is 0 Å². The average Bonchev–Trinajstić information content (AvgIpc) is 2.26. The molecule has 0 aliphatic carbocycles. The Morgan fingerprint density at radius 3 is 2.06 bits per heavy atom. The summed E-state index contributed by atoms with van der Waals surface area (Å²) in [6.07, 6.45) is 0. The van der Waals surface area contributed by atoms with E-state index < -0.39 is 0 Å². The average molecular weight is 313 g/mol. The minimum atomic E-state index is 0.591. The van der Waals surface area contributed by atoms with Crippen LogP contribution >= 0.6 is 15.9 Å². The first kappa shape index (κ1) is 15.5. The van der Waals surface area contributed by atoms with E-state index in [1.807, 2.05) is 0 Å². The fourth-order valence-electron chi connectivity index (χ4n) is 2.09. The molecule has 2 nitrogen and oxygen atoms in total. The van der Waals surface area contributed by atoms with Crippen molar-refractivity contribution in [2.75, 3.05) is 18.0 Å². The summed E-state index contributed by atoms with van der Waals surface area (Å²) < 4.78 is 1.15. The summed E-state index contributed by atoms with van der Waals surface area (Å²) >= 11 is 3.67. The summed E-state index contributed by atoms with van der Waals surface area (Å²) in [5.74, 6) is 1.31. The predicted octanol–water partition coefficient (Wildman–Crippen LogP) is 4.03. The van der Waals surface area contributed by atoms with Crippen molar-refractivity contribution in [1.29, 1.82) is 0 Å². The second-order valence-electron chi connectivity index (χ2n) is 5.68. The summed E-state index contributed by atoms with van der Waals surface area (Å²) in [6.45, 7) is 11.8. The third-order valence-electron chi connectivity index (χ3n) is 2.76.